The van der Waals surface area contributed by atoms with E-state index in [9.17, 15) is 9.59 Å². The van der Waals surface area contributed by atoms with E-state index in [4.69, 9.17) is 11.6 Å². The molecule has 2 atom stereocenters. The van der Waals surface area contributed by atoms with Gasteiger partial charge in [0.1, 0.15) is 6.04 Å². The van der Waals surface area contributed by atoms with Crippen LogP contribution < -0.4 is 10.6 Å². The van der Waals surface area contributed by atoms with Crippen LogP contribution in [0.15, 0.2) is 48.5 Å². The Morgan fingerprint density at radius 2 is 1.35 bits per heavy atom. The van der Waals surface area contributed by atoms with E-state index in [1.807, 2.05) is 19.1 Å². The Kier molecular flexibility index (Phi) is 6.81. The van der Waals surface area contributed by atoms with Crippen molar-refractivity contribution in [3.8, 4) is 0 Å². The lowest BCUT2D eigenvalue weighted by Gasteiger charge is -2.19. The van der Waals surface area contributed by atoms with Gasteiger partial charge < -0.3 is 10.6 Å². The molecule has 0 radical (unpaired) electrons. The third-order valence-electron chi connectivity index (χ3n) is 4.31. The van der Waals surface area contributed by atoms with Crippen LogP contribution in [0.25, 0.3) is 0 Å². The summed E-state index contributed by atoms with van der Waals surface area (Å²) in [5.74, 6) is -0.0666. The summed E-state index contributed by atoms with van der Waals surface area (Å²) in [7, 11) is 0. The molecule has 2 amide bonds. The Balaban J connectivity index is 1.93. The number of hydrogen-bond donors (Lipinski definition) is 2. The molecular formula is C21H25ClN2O2. The molecule has 0 fully saturated rings. The van der Waals surface area contributed by atoms with Crippen LogP contribution >= 0.6 is 11.6 Å². The van der Waals surface area contributed by atoms with Gasteiger partial charge in [0.2, 0.25) is 5.91 Å². The van der Waals surface area contributed by atoms with Gasteiger partial charge in [-0.2, -0.15) is 0 Å². The molecular weight excluding hydrogens is 348 g/mol. The highest BCUT2D eigenvalue weighted by molar-refractivity contribution is 6.30. The maximum Gasteiger partial charge on any atom is 0.251 e. The third-order valence-corrected chi connectivity index (χ3v) is 4.56. The molecule has 0 spiro atoms. The minimum Gasteiger partial charge on any atom is -0.348 e. The molecule has 26 heavy (non-hydrogen) atoms. The van der Waals surface area contributed by atoms with Crippen LogP contribution in [-0.2, 0) is 4.79 Å². The second-order valence-corrected chi connectivity index (χ2v) is 7.19. The van der Waals surface area contributed by atoms with Gasteiger partial charge in [-0.25, -0.2) is 0 Å². The fourth-order valence-electron chi connectivity index (χ4n) is 2.54. The quantitative estimate of drug-likeness (QED) is 0.786. The number of hydrogen-bond acceptors (Lipinski definition) is 2. The highest BCUT2D eigenvalue weighted by Gasteiger charge is 2.19. The molecule has 2 aromatic rings. The lowest BCUT2D eigenvalue weighted by atomic mass is 9.99. The molecule has 0 bridgehead atoms. The Bertz CT molecular complexity index is 755. The van der Waals surface area contributed by atoms with Crippen molar-refractivity contribution in [3.05, 3.63) is 70.2 Å². The lowest BCUT2D eigenvalue weighted by Crippen LogP contribution is -2.45. The normalized spacial score (nSPS) is 13.2. The van der Waals surface area contributed by atoms with Crippen LogP contribution in [0.4, 0.5) is 0 Å². The van der Waals surface area contributed by atoms with Gasteiger partial charge >= 0.3 is 0 Å². The van der Waals surface area contributed by atoms with Crippen molar-refractivity contribution in [2.24, 2.45) is 0 Å². The van der Waals surface area contributed by atoms with E-state index in [1.54, 1.807) is 31.2 Å². The first-order valence-corrected chi connectivity index (χ1v) is 9.12. The van der Waals surface area contributed by atoms with Crippen LogP contribution in [0, 0.1) is 0 Å². The molecule has 2 unspecified atom stereocenters. The molecule has 5 heteroatoms. The van der Waals surface area contributed by atoms with Crippen molar-refractivity contribution in [1.29, 1.82) is 0 Å². The first-order chi connectivity index (χ1) is 12.3. The molecule has 2 N–H and O–H groups in total. The van der Waals surface area contributed by atoms with Crippen molar-refractivity contribution < 1.29 is 9.59 Å². The number of benzene rings is 2. The van der Waals surface area contributed by atoms with Crippen molar-refractivity contribution in [2.45, 2.75) is 45.7 Å². The van der Waals surface area contributed by atoms with Gasteiger partial charge in [0, 0.05) is 10.6 Å². The Hall–Kier alpha value is -2.33. The van der Waals surface area contributed by atoms with Crippen LogP contribution in [0.2, 0.25) is 5.02 Å². The molecule has 2 rings (SSSR count). The van der Waals surface area contributed by atoms with E-state index < -0.39 is 6.04 Å². The van der Waals surface area contributed by atoms with Gasteiger partial charge in [0.25, 0.3) is 5.91 Å². The summed E-state index contributed by atoms with van der Waals surface area (Å²) in [6.45, 7) is 7.88. The van der Waals surface area contributed by atoms with Crippen molar-refractivity contribution in [3.63, 3.8) is 0 Å². The van der Waals surface area contributed by atoms with E-state index in [2.05, 4.69) is 36.6 Å². The zero-order chi connectivity index (χ0) is 19.3. The van der Waals surface area contributed by atoms with Crippen molar-refractivity contribution in [2.75, 3.05) is 0 Å². The molecule has 0 aliphatic carbocycles. The minimum absolute atomic E-state index is 0.140. The predicted molar refractivity (Wildman–Crippen MR) is 105 cm³/mol. The molecule has 2 aromatic carbocycles. The summed E-state index contributed by atoms with van der Waals surface area (Å²) in [4.78, 5) is 24.6. The van der Waals surface area contributed by atoms with Gasteiger partial charge in [0.15, 0.2) is 0 Å². The summed E-state index contributed by atoms with van der Waals surface area (Å²) >= 11 is 5.82. The highest BCUT2D eigenvalue weighted by Crippen LogP contribution is 2.18. The molecule has 0 saturated heterocycles. The average molecular weight is 373 g/mol. The molecule has 138 valence electrons. The number of carbonyl (C=O) groups excluding carboxylic acids is 2. The Labute approximate surface area is 159 Å². The third kappa shape index (κ3) is 5.33. The van der Waals surface area contributed by atoms with Crippen LogP contribution in [0.1, 0.15) is 61.1 Å². The summed E-state index contributed by atoms with van der Waals surface area (Å²) in [6.07, 6.45) is 0. The fraction of sp³-hybridized carbons (Fsp3) is 0.333. The van der Waals surface area contributed by atoms with E-state index in [1.165, 1.54) is 5.56 Å². The number of halogens is 1. The van der Waals surface area contributed by atoms with Gasteiger partial charge in [-0.1, -0.05) is 49.7 Å². The lowest BCUT2D eigenvalue weighted by molar-refractivity contribution is -0.123. The average Bonchev–Trinajstić information content (AvgIpc) is 2.62. The highest BCUT2D eigenvalue weighted by atomic mass is 35.5. The van der Waals surface area contributed by atoms with Gasteiger partial charge in [-0.15, -0.1) is 0 Å². The number of amides is 2. The zero-order valence-corrected chi connectivity index (χ0v) is 16.3. The largest absolute Gasteiger partial charge is 0.348 e. The summed E-state index contributed by atoms with van der Waals surface area (Å²) in [5.41, 5.74) is 2.75. The SMILES string of the molecule is CC(NC(=O)c1ccc(Cl)cc1)C(=O)NC(C)c1ccc(C(C)C)cc1. The fourth-order valence-corrected chi connectivity index (χ4v) is 2.66. The topological polar surface area (TPSA) is 58.2 Å². The molecule has 4 nitrogen and oxygen atoms in total. The van der Waals surface area contributed by atoms with Gasteiger partial charge in [0.05, 0.1) is 6.04 Å². The predicted octanol–water partition coefficient (Wildman–Crippen LogP) is 4.46. The number of nitrogens with one attached hydrogen (secondary N) is 2. The van der Waals surface area contributed by atoms with Crippen LogP contribution in [0.3, 0.4) is 0 Å². The van der Waals surface area contributed by atoms with E-state index in [-0.39, 0.29) is 17.9 Å². The Morgan fingerprint density at radius 1 is 0.808 bits per heavy atom. The van der Waals surface area contributed by atoms with Gasteiger partial charge in [-0.05, 0) is 55.2 Å². The van der Waals surface area contributed by atoms with Crippen molar-refractivity contribution in [1.82, 2.24) is 10.6 Å². The maximum absolute atomic E-state index is 12.4. The van der Waals surface area contributed by atoms with Crippen LogP contribution in [-0.4, -0.2) is 17.9 Å². The second-order valence-electron chi connectivity index (χ2n) is 6.75. The maximum atomic E-state index is 12.4. The number of rotatable bonds is 6. The zero-order valence-electron chi connectivity index (χ0n) is 15.5. The smallest absolute Gasteiger partial charge is 0.251 e. The molecule has 0 aromatic heterocycles. The van der Waals surface area contributed by atoms with E-state index in [0.29, 0.717) is 16.5 Å². The Morgan fingerprint density at radius 3 is 1.88 bits per heavy atom. The summed E-state index contributed by atoms with van der Waals surface area (Å²) in [5, 5.41) is 6.20. The van der Waals surface area contributed by atoms with E-state index in [0.717, 1.165) is 5.56 Å². The second kappa shape index (κ2) is 8.86. The van der Waals surface area contributed by atoms with E-state index >= 15 is 0 Å². The monoisotopic (exact) mass is 372 g/mol. The molecule has 0 aliphatic heterocycles. The molecule has 0 saturated carbocycles. The molecule has 0 aliphatic rings. The molecule has 0 heterocycles. The van der Waals surface area contributed by atoms with Crippen molar-refractivity contribution >= 4 is 23.4 Å². The standard InChI is InChI=1S/C21H25ClN2O2/c1-13(2)16-5-7-17(8-6-16)14(3)23-20(25)15(4)24-21(26)18-9-11-19(22)12-10-18/h5-15H,1-4H3,(H,23,25)(H,24,26). The van der Waals surface area contributed by atoms with Gasteiger partial charge in [-0.3, -0.25) is 9.59 Å². The summed E-state index contributed by atoms with van der Waals surface area (Å²) in [6, 6.07) is 14.0. The first kappa shape index (κ1) is 20.0. The number of carbonyl (C=O) groups is 2. The summed E-state index contributed by atoms with van der Waals surface area (Å²) < 4.78 is 0. The minimum atomic E-state index is -0.643. The first-order valence-electron chi connectivity index (χ1n) is 8.74. The van der Waals surface area contributed by atoms with Crippen LogP contribution in [0.5, 0.6) is 0 Å².